The van der Waals surface area contributed by atoms with Gasteiger partial charge in [-0.2, -0.15) is 0 Å². The number of rotatable bonds is 14. The molecular weight excluding hydrogens is 616 g/mol. The zero-order valence-corrected chi connectivity index (χ0v) is 25.9. The van der Waals surface area contributed by atoms with E-state index in [2.05, 4.69) is 20.9 Å². The SMILES string of the molecule is CCC1=C([C@H](O)CC/C(=C/c2cc(Br)ccc2O)c2ccccn2)[C@H](CO)[C@@H]2C(=O)N(CCCCCC(=O)O)C(=O)[C@@H]2C1. The molecule has 0 unspecified atom stereocenters. The predicted molar refractivity (Wildman–Crippen MR) is 165 cm³/mol. The number of benzene rings is 1. The lowest BCUT2D eigenvalue weighted by Crippen LogP contribution is -2.39. The second-order valence-corrected chi connectivity index (χ2v) is 12.1. The molecule has 1 fully saturated rings. The van der Waals surface area contributed by atoms with E-state index in [1.54, 1.807) is 24.4 Å². The number of carbonyl (C=O) groups is 3. The minimum absolute atomic E-state index is 0.0477. The van der Waals surface area contributed by atoms with Crippen LogP contribution in [0.25, 0.3) is 11.6 Å². The number of hydrogen-bond acceptors (Lipinski definition) is 7. The number of hydrogen-bond donors (Lipinski definition) is 4. The van der Waals surface area contributed by atoms with Crippen molar-refractivity contribution in [1.29, 1.82) is 0 Å². The summed E-state index contributed by atoms with van der Waals surface area (Å²) in [5, 5.41) is 41.4. The zero-order chi connectivity index (χ0) is 31.1. The Labute approximate surface area is 260 Å². The number of phenolic OH excluding ortho intramolecular Hbond substituents is 1. The molecular formula is C33H39BrN2O7. The van der Waals surface area contributed by atoms with Crippen LogP contribution in [0.5, 0.6) is 5.75 Å². The van der Waals surface area contributed by atoms with E-state index in [9.17, 15) is 29.7 Å². The van der Waals surface area contributed by atoms with E-state index in [1.165, 1.54) is 4.90 Å². The molecule has 1 aliphatic carbocycles. The van der Waals surface area contributed by atoms with Crippen LogP contribution in [0.4, 0.5) is 0 Å². The van der Waals surface area contributed by atoms with Crippen molar-refractivity contribution in [3.63, 3.8) is 0 Å². The van der Waals surface area contributed by atoms with Crippen molar-refractivity contribution < 1.29 is 34.8 Å². The van der Waals surface area contributed by atoms with Crippen LogP contribution in [0.2, 0.25) is 0 Å². The maximum Gasteiger partial charge on any atom is 0.303 e. The number of nitrogens with zero attached hydrogens (tertiary/aromatic N) is 2. The summed E-state index contributed by atoms with van der Waals surface area (Å²) in [6, 6.07) is 10.7. The summed E-state index contributed by atoms with van der Waals surface area (Å²) < 4.78 is 0.808. The Balaban J connectivity index is 1.54. The van der Waals surface area contributed by atoms with Crippen LogP contribution in [0.1, 0.15) is 69.5 Å². The molecule has 2 aromatic rings. The van der Waals surface area contributed by atoms with Crippen LogP contribution in [0, 0.1) is 17.8 Å². The van der Waals surface area contributed by atoms with Crippen molar-refractivity contribution in [2.75, 3.05) is 13.2 Å². The van der Waals surface area contributed by atoms with Crippen molar-refractivity contribution in [3.8, 4) is 5.75 Å². The number of aliphatic hydroxyl groups is 2. The number of aromatic nitrogens is 1. The smallest absolute Gasteiger partial charge is 0.303 e. The molecule has 2 heterocycles. The van der Waals surface area contributed by atoms with Crippen LogP contribution in [-0.2, 0) is 14.4 Å². The van der Waals surface area contributed by atoms with Gasteiger partial charge in [-0.05, 0) is 86.1 Å². The Morgan fingerprint density at radius 3 is 2.60 bits per heavy atom. The van der Waals surface area contributed by atoms with Gasteiger partial charge in [0.05, 0.1) is 30.2 Å². The second kappa shape index (κ2) is 14.9. The summed E-state index contributed by atoms with van der Waals surface area (Å²) in [7, 11) is 0. The quantitative estimate of drug-likeness (QED) is 0.123. The Morgan fingerprint density at radius 2 is 1.93 bits per heavy atom. The van der Waals surface area contributed by atoms with E-state index in [1.807, 2.05) is 31.2 Å². The summed E-state index contributed by atoms with van der Waals surface area (Å²) in [4.78, 5) is 43.4. The number of unbranched alkanes of at least 4 members (excludes halogenated alkanes) is 2. The first-order valence-corrected chi connectivity index (χ1v) is 15.6. The van der Waals surface area contributed by atoms with Crippen molar-refractivity contribution in [1.82, 2.24) is 9.88 Å². The monoisotopic (exact) mass is 654 g/mol. The third kappa shape index (κ3) is 7.60. The number of aliphatic hydroxyl groups excluding tert-OH is 2. The lowest BCUT2D eigenvalue weighted by atomic mass is 9.67. The average molecular weight is 656 g/mol. The molecule has 2 aliphatic rings. The number of phenols is 1. The van der Waals surface area contributed by atoms with E-state index in [0.717, 1.165) is 15.6 Å². The van der Waals surface area contributed by atoms with E-state index in [0.29, 0.717) is 61.8 Å². The van der Waals surface area contributed by atoms with E-state index in [-0.39, 0.29) is 37.1 Å². The average Bonchev–Trinajstić information content (AvgIpc) is 3.24. The molecule has 0 radical (unpaired) electrons. The number of fused-ring (bicyclic) bond motifs is 1. The van der Waals surface area contributed by atoms with Gasteiger partial charge in [0.15, 0.2) is 0 Å². The molecule has 10 heteroatoms. The first-order chi connectivity index (χ1) is 20.7. The summed E-state index contributed by atoms with van der Waals surface area (Å²) in [6.07, 6.45) is 5.85. The number of imide groups is 1. The second-order valence-electron chi connectivity index (χ2n) is 11.2. The third-order valence-electron chi connectivity index (χ3n) is 8.53. The minimum Gasteiger partial charge on any atom is -0.507 e. The fourth-order valence-electron chi connectivity index (χ4n) is 6.41. The Hall–Kier alpha value is -3.34. The molecule has 0 spiro atoms. The first-order valence-electron chi connectivity index (χ1n) is 14.8. The highest BCUT2D eigenvalue weighted by molar-refractivity contribution is 9.10. The van der Waals surface area contributed by atoms with E-state index < -0.39 is 29.8 Å². The van der Waals surface area contributed by atoms with Crippen LogP contribution in [0.15, 0.2) is 58.2 Å². The number of amides is 2. The zero-order valence-electron chi connectivity index (χ0n) is 24.3. The van der Waals surface area contributed by atoms with Gasteiger partial charge in [0, 0.05) is 35.1 Å². The number of allylic oxidation sites excluding steroid dienone is 2. The maximum absolute atomic E-state index is 13.5. The number of carboxylic acid groups (broad SMARTS) is 1. The van der Waals surface area contributed by atoms with Crippen molar-refractivity contribution in [3.05, 3.63) is 69.5 Å². The number of carbonyl (C=O) groups excluding carboxylic acids is 2. The van der Waals surface area contributed by atoms with E-state index >= 15 is 0 Å². The molecule has 2 amide bonds. The van der Waals surface area contributed by atoms with Gasteiger partial charge in [0.25, 0.3) is 0 Å². The molecule has 43 heavy (non-hydrogen) atoms. The topological polar surface area (TPSA) is 148 Å². The van der Waals surface area contributed by atoms with E-state index in [4.69, 9.17) is 5.11 Å². The fourth-order valence-corrected chi connectivity index (χ4v) is 6.79. The summed E-state index contributed by atoms with van der Waals surface area (Å²) in [5.74, 6) is -3.31. The normalized spacial score (nSPS) is 21.3. The van der Waals surface area contributed by atoms with Crippen LogP contribution < -0.4 is 0 Å². The van der Waals surface area contributed by atoms with Crippen LogP contribution in [0.3, 0.4) is 0 Å². The van der Waals surface area contributed by atoms with Crippen molar-refractivity contribution >= 4 is 45.4 Å². The Bertz CT molecular complexity index is 1390. The minimum atomic E-state index is -0.954. The first kappa shape index (κ1) is 32.6. The lowest BCUT2D eigenvalue weighted by Gasteiger charge is -2.36. The molecule has 0 saturated carbocycles. The van der Waals surface area contributed by atoms with Gasteiger partial charge >= 0.3 is 5.97 Å². The number of carboxylic acids is 1. The highest BCUT2D eigenvalue weighted by Gasteiger charge is 2.54. The molecule has 4 rings (SSSR count). The Kier molecular flexibility index (Phi) is 11.3. The number of likely N-dealkylation sites (tertiary alicyclic amines) is 1. The molecule has 1 aromatic heterocycles. The standard InChI is InChI=1S/C33H39BrN2O7/c1-2-20-18-24-31(33(43)36(32(24)42)15-7-3-4-9-29(40)41)25(19-37)30(20)28(39)12-10-21(26-8-5-6-14-35-26)16-22-17-23(34)11-13-27(22)38/h5-6,8,11,13-14,16-17,24-25,28,31,37-39H,2-4,7,9-10,12,15,18-19H2,1H3,(H,40,41)/b21-16-/t24-,25+,28-,31-/m1/s1. The van der Waals surface area contributed by atoms with Gasteiger partial charge < -0.3 is 20.4 Å². The van der Waals surface area contributed by atoms with Gasteiger partial charge in [0.2, 0.25) is 11.8 Å². The molecule has 0 bridgehead atoms. The summed E-state index contributed by atoms with van der Waals surface area (Å²) in [5.41, 5.74) is 3.65. The summed E-state index contributed by atoms with van der Waals surface area (Å²) >= 11 is 3.45. The van der Waals surface area contributed by atoms with Gasteiger partial charge in [-0.25, -0.2) is 0 Å². The maximum atomic E-state index is 13.5. The molecule has 1 saturated heterocycles. The number of pyridine rings is 1. The van der Waals surface area contributed by atoms with Crippen LogP contribution in [-0.4, -0.2) is 67.3 Å². The number of aliphatic carboxylic acids is 1. The molecule has 4 N–H and O–H groups in total. The van der Waals surface area contributed by atoms with Crippen molar-refractivity contribution in [2.45, 2.75) is 64.4 Å². The largest absolute Gasteiger partial charge is 0.507 e. The molecule has 9 nitrogen and oxygen atoms in total. The number of halogens is 1. The summed E-state index contributed by atoms with van der Waals surface area (Å²) in [6.45, 7) is 1.81. The highest BCUT2D eigenvalue weighted by atomic mass is 79.9. The van der Waals surface area contributed by atoms with Gasteiger partial charge in [-0.1, -0.05) is 40.9 Å². The van der Waals surface area contributed by atoms with Gasteiger partial charge in [-0.3, -0.25) is 24.3 Å². The Morgan fingerprint density at radius 1 is 1.14 bits per heavy atom. The van der Waals surface area contributed by atoms with Gasteiger partial charge in [0.1, 0.15) is 5.75 Å². The molecule has 4 atom stereocenters. The highest BCUT2D eigenvalue weighted by Crippen LogP contribution is 2.47. The third-order valence-corrected chi connectivity index (χ3v) is 9.02. The van der Waals surface area contributed by atoms with Crippen LogP contribution >= 0.6 is 15.9 Å². The molecule has 1 aromatic carbocycles. The number of aromatic hydroxyl groups is 1. The fraction of sp³-hybridized carbons (Fsp3) is 0.455. The van der Waals surface area contributed by atoms with Gasteiger partial charge in [-0.15, -0.1) is 0 Å². The van der Waals surface area contributed by atoms with Crippen molar-refractivity contribution in [2.24, 2.45) is 17.8 Å². The molecule has 230 valence electrons. The lowest BCUT2D eigenvalue weighted by molar-refractivity contribution is -0.141. The molecule has 1 aliphatic heterocycles. The predicted octanol–water partition coefficient (Wildman–Crippen LogP) is 5.20.